The third-order valence-corrected chi connectivity index (χ3v) is 2.82. The number of hydrogen-bond acceptors (Lipinski definition) is 1. The van der Waals surface area contributed by atoms with Crippen LogP contribution in [0, 0.1) is 5.41 Å². The minimum atomic E-state index is 0.637. The van der Waals surface area contributed by atoms with E-state index in [4.69, 9.17) is 4.74 Å². The molecule has 0 N–H and O–H groups in total. The summed E-state index contributed by atoms with van der Waals surface area (Å²) < 4.78 is 5.33. The monoisotopic (exact) mass is 138 g/mol. The van der Waals surface area contributed by atoms with E-state index in [9.17, 15) is 0 Å². The molecule has 0 atom stereocenters. The fraction of sp³-hybridized carbons (Fsp3) is 0.778. The molecule has 1 aliphatic heterocycles. The van der Waals surface area contributed by atoms with E-state index in [1.807, 2.05) is 0 Å². The summed E-state index contributed by atoms with van der Waals surface area (Å²) in [6, 6.07) is 0. The van der Waals surface area contributed by atoms with Gasteiger partial charge in [-0.3, -0.25) is 0 Å². The summed E-state index contributed by atoms with van der Waals surface area (Å²) in [4.78, 5) is 0. The molecule has 1 heteroatoms. The molecule has 1 fully saturated rings. The lowest BCUT2D eigenvalue weighted by Gasteiger charge is -2.32. The lowest BCUT2D eigenvalue weighted by Crippen LogP contribution is -2.26. The van der Waals surface area contributed by atoms with Crippen LogP contribution in [0.1, 0.15) is 25.7 Å². The van der Waals surface area contributed by atoms with Crippen LogP contribution in [0.25, 0.3) is 0 Å². The van der Waals surface area contributed by atoms with Crippen LogP contribution >= 0.6 is 0 Å². The van der Waals surface area contributed by atoms with E-state index in [0.29, 0.717) is 5.41 Å². The molecule has 0 aromatic heterocycles. The van der Waals surface area contributed by atoms with Crippen LogP contribution in [0.15, 0.2) is 12.2 Å². The van der Waals surface area contributed by atoms with E-state index >= 15 is 0 Å². The van der Waals surface area contributed by atoms with Crippen LogP contribution < -0.4 is 0 Å². The summed E-state index contributed by atoms with van der Waals surface area (Å²) >= 11 is 0. The first kappa shape index (κ1) is 6.41. The Hall–Kier alpha value is -0.300. The summed E-state index contributed by atoms with van der Waals surface area (Å²) in [5.41, 5.74) is 0.637. The summed E-state index contributed by atoms with van der Waals surface area (Å²) in [5.74, 6) is 0. The Bertz CT molecular complexity index is 133. The van der Waals surface area contributed by atoms with Crippen LogP contribution in [0.4, 0.5) is 0 Å². The minimum absolute atomic E-state index is 0.637. The average molecular weight is 138 g/mol. The van der Waals surface area contributed by atoms with Crippen molar-refractivity contribution in [3.63, 3.8) is 0 Å². The van der Waals surface area contributed by atoms with E-state index in [1.54, 1.807) is 0 Å². The molecule has 0 aromatic carbocycles. The second-order valence-electron chi connectivity index (χ2n) is 3.49. The van der Waals surface area contributed by atoms with Gasteiger partial charge >= 0.3 is 0 Å². The maximum Gasteiger partial charge on any atom is 0.0471 e. The zero-order chi connectivity index (χ0) is 6.86. The molecule has 0 unspecified atom stereocenters. The van der Waals surface area contributed by atoms with Crippen LogP contribution in [0.5, 0.6) is 0 Å². The van der Waals surface area contributed by atoms with E-state index in [0.717, 1.165) is 13.2 Å². The van der Waals surface area contributed by atoms with Gasteiger partial charge in [0.1, 0.15) is 0 Å². The van der Waals surface area contributed by atoms with Crippen molar-refractivity contribution in [3.8, 4) is 0 Å². The molecule has 0 bridgehead atoms. The molecular formula is C9H14O. The molecule has 1 heterocycles. The molecule has 0 amide bonds. The van der Waals surface area contributed by atoms with Gasteiger partial charge in [0, 0.05) is 13.2 Å². The SMILES string of the molecule is C1=CCC2(C1)CCOCC2. The van der Waals surface area contributed by atoms with Crippen molar-refractivity contribution >= 4 is 0 Å². The summed E-state index contributed by atoms with van der Waals surface area (Å²) in [7, 11) is 0. The van der Waals surface area contributed by atoms with Gasteiger partial charge in [0.25, 0.3) is 0 Å². The molecule has 10 heavy (non-hydrogen) atoms. The van der Waals surface area contributed by atoms with Gasteiger partial charge in [0.05, 0.1) is 0 Å². The van der Waals surface area contributed by atoms with Gasteiger partial charge in [-0.2, -0.15) is 0 Å². The fourth-order valence-corrected chi connectivity index (χ4v) is 1.96. The lowest BCUT2D eigenvalue weighted by molar-refractivity contribution is 0.0211. The quantitative estimate of drug-likeness (QED) is 0.466. The smallest absolute Gasteiger partial charge is 0.0471 e. The topological polar surface area (TPSA) is 9.23 Å². The van der Waals surface area contributed by atoms with E-state index in [-0.39, 0.29) is 0 Å². The largest absolute Gasteiger partial charge is 0.381 e. The molecular weight excluding hydrogens is 124 g/mol. The fourth-order valence-electron chi connectivity index (χ4n) is 1.96. The molecule has 1 spiro atoms. The summed E-state index contributed by atoms with van der Waals surface area (Å²) in [6.45, 7) is 1.98. The van der Waals surface area contributed by atoms with Gasteiger partial charge in [0.15, 0.2) is 0 Å². The Morgan fingerprint density at radius 1 is 1.00 bits per heavy atom. The summed E-state index contributed by atoms with van der Waals surface area (Å²) in [6.07, 6.45) is 9.81. The van der Waals surface area contributed by atoms with Gasteiger partial charge in [-0.25, -0.2) is 0 Å². The number of rotatable bonds is 0. The minimum Gasteiger partial charge on any atom is -0.381 e. The molecule has 1 saturated heterocycles. The van der Waals surface area contributed by atoms with E-state index < -0.39 is 0 Å². The number of allylic oxidation sites excluding steroid dienone is 2. The van der Waals surface area contributed by atoms with Gasteiger partial charge in [0.2, 0.25) is 0 Å². The van der Waals surface area contributed by atoms with Crippen LogP contribution in [-0.2, 0) is 4.74 Å². The second kappa shape index (κ2) is 2.39. The van der Waals surface area contributed by atoms with Crippen molar-refractivity contribution in [2.45, 2.75) is 25.7 Å². The molecule has 1 nitrogen and oxygen atoms in total. The highest BCUT2D eigenvalue weighted by molar-refractivity contribution is 5.03. The van der Waals surface area contributed by atoms with Gasteiger partial charge in [-0.1, -0.05) is 12.2 Å². The highest BCUT2D eigenvalue weighted by atomic mass is 16.5. The molecule has 0 saturated carbocycles. The van der Waals surface area contributed by atoms with Gasteiger partial charge in [-0.05, 0) is 31.1 Å². The molecule has 56 valence electrons. The third-order valence-electron chi connectivity index (χ3n) is 2.82. The van der Waals surface area contributed by atoms with Crippen LogP contribution in [0.2, 0.25) is 0 Å². The molecule has 1 aliphatic carbocycles. The highest BCUT2D eigenvalue weighted by Crippen LogP contribution is 2.41. The van der Waals surface area contributed by atoms with Crippen LogP contribution in [0.3, 0.4) is 0 Å². The third kappa shape index (κ3) is 0.988. The average Bonchev–Trinajstić information content (AvgIpc) is 2.39. The zero-order valence-electron chi connectivity index (χ0n) is 6.31. The molecule has 0 radical (unpaired) electrons. The predicted molar refractivity (Wildman–Crippen MR) is 40.9 cm³/mol. The van der Waals surface area contributed by atoms with Crippen molar-refractivity contribution in [2.24, 2.45) is 5.41 Å². The maximum absolute atomic E-state index is 5.33. The highest BCUT2D eigenvalue weighted by Gasteiger charge is 2.32. The molecule has 2 aliphatic rings. The maximum atomic E-state index is 5.33. The Morgan fingerprint density at radius 3 is 2.20 bits per heavy atom. The first-order valence-electron chi connectivity index (χ1n) is 4.14. The normalized spacial score (nSPS) is 29.6. The summed E-state index contributed by atoms with van der Waals surface area (Å²) in [5, 5.41) is 0. The van der Waals surface area contributed by atoms with Crippen molar-refractivity contribution < 1.29 is 4.74 Å². The standard InChI is InChI=1S/C9H14O/c1-2-4-9(3-1)5-7-10-8-6-9/h1-2H,3-8H2. The Morgan fingerprint density at radius 2 is 1.60 bits per heavy atom. The van der Waals surface area contributed by atoms with Crippen LogP contribution in [-0.4, -0.2) is 13.2 Å². The zero-order valence-corrected chi connectivity index (χ0v) is 6.31. The Kier molecular flexibility index (Phi) is 1.53. The van der Waals surface area contributed by atoms with Gasteiger partial charge in [-0.15, -0.1) is 0 Å². The van der Waals surface area contributed by atoms with Gasteiger partial charge < -0.3 is 4.74 Å². The van der Waals surface area contributed by atoms with Crippen molar-refractivity contribution in [1.82, 2.24) is 0 Å². The Balaban J connectivity index is 2.00. The second-order valence-corrected chi connectivity index (χ2v) is 3.49. The van der Waals surface area contributed by atoms with Crippen molar-refractivity contribution in [3.05, 3.63) is 12.2 Å². The first-order chi connectivity index (χ1) is 4.91. The van der Waals surface area contributed by atoms with Crippen molar-refractivity contribution in [2.75, 3.05) is 13.2 Å². The predicted octanol–water partition coefficient (Wildman–Crippen LogP) is 2.13. The van der Waals surface area contributed by atoms with E-state index in [2.05, 4.69) is 12.2 Å². The lowest BCUT2D eigenvalue weighted by atomic mass is 9.78. The Labute approximate surface area is 62.1 Å². The van der Waals surface area contributed by atoms with Crippen molar-refractivity contribution in [1.29, 1.82) is 0 Å². The molecule has 2 rings (SSSR count). The van der Waals surface area contributed by atoms with E-state index in [1.165, 1.54) is 25.7 Å². The first-order valence-corrected chi connectivity index (χ1v) is 4.14. The number of hydrogen-bond donors (Lipinski definition) is 0. The molecule has 0 aromatic rings. The number of ether oxygens (including phenoxy) is 1.